The van der Waals surface area contributed by atoms with E-state index in [1.807, 2.05) is 18.2 Å². The molecule has 2 heterocycles. The predicted molar refractivity (Wildman–Crippen MR) is 137 cm³/mol. The molecular formula is C26H36N6O3. The van der Waals surface area contributed by atoms with Crippen LogP contribution in [0.3, 0.4) is 0 Å². The number of hydrogen-bond donors (Lipinski definition) is 2. The van der Waals surface area contributed by atoms with Gasteiger partial charge in [0.1, 0.15) is 11.6 Å². The van der Waals surface area contributed by atoms with Crippen molar-refractivity contribution in [1.29, 1.82) is 0 Å². The van der Waals surface area contributed by atoms with Crippen LogP contribution in [0.15, 0.2) is 35.4 Å². The highest BCUT2D eigenvalue weighted by Crippen LogP contribution is 2.19. The molecule has 9 heteroatoms. The number of nitrogens with zero attached hydrogens (tertiary/aromatic N) is 4. The van der Waals surface area contributed by atoms with Crippen LogP contribution in [0.1, 0.15) is 55.5 Å². The molecule has 4 rings (SSSR count). The zero-order chi connectivity index (χ0) is 24.3. The average molecular weight is 481 g/mol. The summed E-state index contributed by atoms with van der Waals surface area (Å²) in [4.78, 5) is 23.7. The van der Waals surface area contributed by atoms with Crippen molar-refractivity contribution in [2.75, 3.05) is 43.2 Å². The number of carbonyl (C=O) groups is 1. The monoisotopic (exact) mass is 480 g/mol. The minimum Gasteiger partial charge on any atom is -0.450 e. The third kappa shape index (κ3) is 8.20. The summed E-state index contributed by atoms with van der Waals surface area (Å²) in [7, 11) is 0. The minimum absolute atomic E-state index is 0.249. The topological polar surface area (TPSA) is 101 Å². The number of aryl methyl sites for hydroxylation is 2. The Hall–Kier alpha value is -3.20. The summed E-state index contributed by atoms with van der Waals surface area (Å²) in [6.45, 7) is 5.31. The number of amides is 1. The van der Waals surface area contributed by atoms with Crippen molar-refractivity contribution in [1.82, 2.24) is 15.3 Å². The predicted octanol–water partition coefficient (Wildman–Crippen LogP) is 4.06. The third-order valence-electron chi connectivity index (χ3n) is 6.23. The number of benzene rings is 1. The Morgan fingerprint density at radius 3 is 2.83 bits per heavy atom. The standard InChI is InChI=1S/C26H36N6O3/c1-20-7-5-8-21(17-20)19-27-31-24-18-25(32-12-15-34-16-13-32)30-23(29-24)11-6-14-35-26(33)28-22-9-3-2-4-10-22/h5,7-8,17-19,22H,2-4,6,9-16H2,1H3,(H,28,33)(H,29,30,31). The van der Waals surface area contributed by atoms with Gasteiger partial charge in [-0.25, -0.2) is 14.8 Å². The van der Waals surface area contributed by atoms with E-state index in [0.717, 1.165) is 37.3 Å². The molecule has 2 aliphatic rings. The van der Waals surface area contributed by atoms with E-state index in [1.165, 1.54) is 24.8 Å². The van der Waals surface area contributed by atoms with E-state index in [1.54, 1.807) is 6.21 Å². The summed E-state index contributed by atoms with van der Waals surface area (Å²) in [5.41, 5.74) is 5.25. The Bertz CT molecular complexity index is 987. The molecule has 2 fully saturated rings. The van der Waals surface area contributed by atoms with Gasteiger partial charge in [-0.05, 0) is 31.7 Å². The third-order valence-corrected chi connectivity index (χ3v) is 6.23. The Balaban J connectivity index is 1.33. The van der Waals surface area contributed by atoms with Crippen molar-refractivity contribution in [3.05, 3.63) is 47.3 Å². The van der Waals surface area contributed by atoms with E-state index < -0.39 is 0 Å². The number of carbonyl (C=O) groups excluding carboxylic acids is 1. The van der Waals surface area contributed by atoms with E-state index >= 15 is 0 Å². The average Bonchev–Trinajstić information content (AvgIpc) is 2.88. The maximum Gasteiger partial charge on any atom is 0.407 e. The molecule has 9 nitrogen and oxygen atoms in total. The number of nitrogens with one attached hydrogen (secondary N) is 2. The van der Waals surface area contributed by atoms with Gasteiger partial charge >= 0.3 is 6.09 Å². The van der Waals surface area contributed by atoms with Crippen LogP contribution < -0.4 is 15.6 Å². The normalized spacial score (nSPS) is 16.9. The number of rotatable bonds is 9. The number of hydrazone groups is 1. The molecular weight excluding hydrogens is 444 g/mol. The van der Waals surface area contributed by atoms with Crippen molar-refractivity contribution >= 4 is 23.9 Å². The first kappa shape index (κ1) is 24.9. The van der Waals surface area contributed by atoms with Crippen molar-refractivity contribution in [3.63, 3.8) is 0 Å². The van der Waals surface area contributed by atoms with Crippen LogP contribution in [-0.2, 0) is 15.9 Å². The van der Waals surface area contributed by atoms with E-state index in [-0.39, 0.29) is 12.1 Å². The van der Waals surface area contributed by atoms with Gasteiger partial charge in [0.25, 0.3) is 0 Å². The first-order chi connectivity index (χ1) is 17.2. The molecule has 0 unspecified atom stereocenters. The molecule has 35 heavy (non-hydrogen) atoms. The Morgan fingerprint density at radius 1 is 1.20 bits per heavy atom. The van der Waals surface area contributed by atoms with Crippen LogP contribution >= 0.6 is 0 Å². The number of morpholine rings is 1. The smallest absolute Gasteiger partial charge is 0.407 e. The van der Waals surface area contributed by atoms with Gasteiger partial charge in [0.2, 0.25) is 0 Å². The number of hydrogen-bond acceptors (Lipinski definition) is 8. The molecule has 0 bridgehead atoms. The molecule has 1 amide bonds. The van der Waals surface area contributed by atoms with Gasteiger partial charge in [-0.3, -0.25) is 5.43 Å². The second-order valence-corrected chi connectivity index (χ2v) is 9.13. The molecule has 1 aliphatic heterocycles. The van der Waals surface area contributed by atoms with Crippen LogP contribution in [-0.4, -0.2) is 61.2 Å². The number of anilines is 2. The van der Waals surface area contributed by atoms with E-state index in [9.17, 15) is 4.79 Å². The quantitative estimate of drug-likeness (QED) is 0.317. The minimum atomic E-state index is -0.326. The summed E-state index contributed by atoms with van der Waals surface area (Å²) < 4.78 is 10.9. The second-order valence-electron chi connectivity index (χ2n) is 9.13. The maximum absolute atomic E-state index is 12.1. The first-order valence-electron chi connectivity index (χ1n) is 12.7. The van der Waals surface area contributed by atoms with Crippen LogP contribution in [0.25, 0.3) is 0 Å². The van der Waals surface area contributed by atoms with Crippen molar-refractivity contribution in [2.45, 2.75) is 57.9 Å². The molecule has 1 aromatic carbocycles. The zero-order valence-electron chi connectivity index (χ0n) is 20.5. The largest absolute Gasteiger partial charge is 0.450 e. The molecule has 1 saturated heterocycles. The van der Waals surface area contributed by atoms with Gasteiger partial charge in [-0.1, -0.05) is 49.1 Å². The van der Waals surface area contributed by atoms with Gasteiger partial charge < -0.3 is 19.7 Å². The summed E-state index contributed by atoms with van der Waals surface area (Å²) in [5.74, 6) is 2.18. The molecule has 1 aromatic heterocycles. The lowest BCUT2D eigenvalue weighted by atomic mass is 9.96. The van der Waals surface area contributed by atoms with Gasteiger partial charge in [0.15, 0.2) is 5.82 Å². The van der Waals surface area contributed by atoms with Gasteiger partial charge in [0, 0.05) is 31.6 Å². The van der Waals surface area contributed by atoms with Crippen molar-refractivity contribution in [2.24, 2.45) is 5.10 Å². The molecule has 0 atom stereocenters. The fourth-order valence-electron chi connectivity index (χ4n) is 4.38. The molecule has 1 saturated carbocycles. The highest BCUT2D eigenvalue weighted by molar-refractivity contribution is 5.80. The lowest BCUT2D eigenvalue weighted by Crippen LogP contribution is -2.37. The molecule has 2 N–H and O–H groups in total. The summed E-state index contributed by atoms with van der Waals surface area (Å²) in [5, 5.41) is 7.35. The Kier molecular flexibility index (Phi) is 9.28. The first-order valence-corrected chi connectivity index (χ1v) is 12.7. The number of ether oxygens (including phenoxy) is 2. The molecule has 188 valence electrons. The SMILES string of the molecule is Cc1cccc(C=NNc2cc(N3CCOCC3)nc(CCCOC(=O)NC3CCCCC3)n2)c1. The molecule has 0 spiro atoms. The van der Waals surface area contributed by atoms with Crippen molar-refractivity contribution < 1.29 is 14.3 Å². The fourth-order valence-corrected chi connectivity index (χ4v) is 4.38. The van der Waals surface area contributed by atoms with E-state index in [0.29, 0.717) is 44.3 Å². The Morgan fingerprint density at radius 2 is 2.03 bits per heavy atom. The van der Waals surface area contributed by atoms with E-state index in [4.69, 9.17) is 14.5 Å². The molecule has 1 aliphatic carbocycles. The van der Waals surface area contributed by atoms with Gasteiger partial charge in [0.05, 0.1) is 26.0 Å². The second kappa shape index (κ2) is 13.0. The van der Waals surface area contributed by atoms with Crippen LogP contribution in [0, 0.1) is 6.92 Å². The summed E-state index contributed by atoms with van der Waals surface area (Å²) in [6, 6.07) is 10.3. The number of alkyl carbamates (subject to hydrolysis) is 1. The lowest BCUT2D eigenvalue weighted by Gasteiger charge is -2.28. The van der Waals surface area contributed by atoms with Crippen LogP contribution in [0.2, 0.25) is 0 Å². The van der Waals surface area contributed by atoms with Crippen LogP contribution in [0.4, 0.5) is 16.4 Å². The van der Waals surface area contributed by atoms with E-state index in [2.05, 4.69) is 44.8 Å². The maximum atomic E-state index is 12.1. The summed E-state index contributed by atoms with van der Waals surface area (Å²) >= 11 is 0. The highest BCUT2D eigenvalue weighted by Gasteiger charge is 2.17. The summed E-state index contributed by atoms with van der Waals surface area (Å²) in [6.07, 6.45) is 8.39. The molecule has 0 radical (unpaired) electrons. The lowest BCUT2D eigenvalue weighted by molar-refractivity contribution is 0.122. The van der Waals surface area contributed by atoms with Crippen LogP contribution in [0.5, 0.6) is 0 Å². The Labute approximate surface area is 207 Å². The number of aromatic nitrogens is 2. The molecule has 2 aromatic rings. The van der Waals surface area contributed by atoms with Crippen molar-refractivity contribution in [3.8, 4) is 0 Å². The van der Waals surface area contributed by atoms with Gasteiger partial charge in [-0.15, -0.1) is 0 Å². The fraction of sp³-hybridized carbons (Fsp3) is 0.538. The zero-order valence-corrected chi connectivity index (χ0v) is 20.5. The van der Waals surface area contributed by atoms with Gasteiger partial charge in [-0.2, -0.15) is 5.10 Å². The highest BCUT2D eigenvalue weighted by atomic mass is 16.5.